The number of hydrogen-bond acceptors (Lipinski definition) is 6. The number of alkyl halides is 1. The molecule has 0 bridgehead atoms. The van der Waals surface area contributed by atoms with E-state index in [1.165, 1.54) is 12.0 Å². The van der Waals surface area contributed by atoms with E-state index in [0.29, 0.717) is 25.2 Å². The molecule has 1 fully saturated rings. The molecule has 2 heterocycles. The highest BCUT2D eigenvalue weighted by Gasteiger charge is 2.36. The van der Waals surface area contributed by atoms with Crippen molar-refractivity contribution in [2.45, 2.75) is 39.8 Å². The average molecular weight is 407 g/mol. The van der Waals surface area contributed by atoms with Crippen LogP contribution in [0.1, 0.15) is 33.6 Å². The predicted octanol–water partition coefficient (Wildman–Crippen LogP) is 4.79. The van der Waals surface area contributed by atoms with E-state index < -0.39 is 6.17 Å². The van der Waals surface area contributed by atoms with Gasteiger partial charge in [-0.3, -0.25) is 4.99 Å². The summed E-state index contributed by atoms with van der Waals surface area (Å²) < 4.78 is 13.1. The summed E-state index contributed by atoms with van der Waals surface area (Å²) in [4.78, 5) is 8.07. The van der Waals surface area contributed by atoms with Gasteiger partial charge in [0, 0.05) is 36.3 Å². The highest BCUT2D eigenvalue weighted by molar-refractivity contribution is 8.06. The van der Waals surface area contributed by atoms with Crippen LogP contribution in [0.25, 0.3) is 0 Å². The van der Waals surface area contributed by atoms with Gasteiger partial charge in [0.25, 0.3) is 0 Å². The van der Waals surface area contributed by atoms with Crippen molar-refractivity contribution < 1.29 is 9.60 Å². The second-order valence-electron chi connectivity index (χ2n) is 7.16. The van der Waals surface area contributed by atoms with Crippen LogP contribution >= 0.6 is 11.8 Å². The molecule has 0 saturated carbocycles. The monoisotopic (exact) mass is 406 g/mol. The summed E-state index contributed by atoms with van der Waals surface area (Å²) in [5, 5.41) is 21.4. The van der Waals surface area contributed by atoms with E-state index in [1.54, 1.807) is 31.0 Å². The van der Waals surface area contributed by atoms with Crippen LogP contribution in [-0.4, -0.2) is 59.6 Å². The number of nitrogens with one attached hydrogen (secondary N) is 1. The van der Waals surface area contributed by atoms with Gasteiger partial charge in [0.05, 0.1) is 12.3 Å². The van der Waals surface area contributed by atoms with E-state index in [1.807, 2.05) is 25.3 Å². The van der Waals surface area contributed by atoms with E-state index in [0.717, 1.165) is 35.0 Å². The number of nitrogens with zero attached hydrogens (tertiary/aromatic N) is 3. The summed E-state index contributed by atoms with van der Waals surface area (Å²) in [7, 11) is 1.66. The molecule has 0 spiro atoms. The molecule has 0 radical (unpaired) electrons. The van der Waals surface area contributed by atoms with E-state index in [4.69, 9.17) is 10.4 Å². The maximum Gasteiger partial charge on any atom is 0.142 e. The van der Waals surface area contributed by atoms with Gasteiger partial charge in [0.15, 0.2) is 0 Å². The Morgan fingerprint density at radius 3 is 2.86 bits per heavy atom. The highest BCUT2D eigenvalue weighted by atomic mass is 32.2. The lowest BCUT2D eigenvalue weighted by molar-refractivity contribution is -0.0746. The van der Waals surface area contributed by atoms with E-state index in [-0.39, 0.29) is 5.92 Å². The zero-order valence-corrected chi connectivity index (χ0v) is 18.0. The zero-order chi connectivity index (χ0) is 20.7. The van der Waals surface area contributed by atoms with Crippen molar-refractivity contribution >= 4 is 23.3 Å². The molecule has 2 N–H and O–H groups in total. The molecule has 2 aliphatic rings. The number of allylic oxidation sites excluding steroid dienone is 5. The first-order chi connectivity index (χ1) is 13.4. The van der Waals surface area contributed by atoms with Gasteiger partial charge in [-0.25, -0.2) is 4.39 Å². The van der Waals surface area contributed by atoms with Crippen LogP contribution in [0.4, 0.5) is 4.39 Å². The van der Waals surface area contributed by atoms with Gasteiger partial charge in [-0.05, 0) is 51.0 Å². The molecule has 0 aromatic rings. The van der Waals surface area contributed by atoms with E-state index in [9.17, 15) is 9.60 Å². The molecule has 2 rings (SSSR count). The first-order valence-electron chi connectivity index (χ1n) is 9.65. The second kappa shape index (κ2) is 10.7. The van der Waals surface area contributed by atoms with Crippen LogP contribution in [0.15, 0.2) is 50.9 Å². The van der Waals surface area contributed by atoms with Crippen molar-refractivity contribution in [3.05, 3.63) is 45.9 Å². The standard InChI is InChI=1S/C21H31FN4OS/c1-5-10-28-20(6-2)21-24-12-17(18(23)9-7-8-15(3)22)19-11-16(13-25(4)27)14-26(19)21/h5-7,9-10,15-16,23,27H,8,11-14H2,1-4H3/b9-7-,10-5-,20-6+,23-18?. The van der Waals surface area contributed by atoms with Crippen molar-refractivity contribution in [2.75, 3.05) is 26.7 Å². The van der Waals surface area contributed by atoms with Crippen molar-refractivity contribution in [3.8, 4) is 0 Å². The van der Waals surface area contributed by atoms with Crippen molar-refractivity contribution in [1.29, 1.82) is 5.41 Å². The molecular formula is C21H31FN4OS. The first kappa shape index (κ1) is 22.6. The molecule has 2 unspecified atom stereocenters. The Morgan fingerprint density at radius 2 is 2.25 bits per heavy atom. The highest BCUT2D eigenvalue weighted by Crippen LogP contribution is 2.36. The number of fused-ring (bicyclic) bond motifs is 1. The van der Waals surface area contributed by atoms with Crippen LogP contribution in [0.2, 0.25) is 0 Å². The number of aliphatic imine (C=N–C) groups is 1. The fourth-order valence-electron chi connectivity index (χ4n) is 3.46. The molecule has 0 aromatic carbocycles. The summed E-state index contributed by atoms with van der Waals surface area (Å²) in [6.07, 6.45) is 7.66. The molecule has 2 aliphatic heterocycles. The summed E-state index contributed by atoms with van der Waals surface area (Å²) in [6.45, 7) is 7.28. The van der Waals surface area contributed by atoms with E-state index >= 15 is 0 Å². The Bertz CT molecular complexity index is 722. The Balaban J connectivity index is 2.30. The van der Waals surface area contributed by atoms with Crippen molar-refractivity contribution in [2.24, 2.45) is 10.9 Å². The number of thioether (sulfide) groups is 1. The molecular weight excluding hydrogens is 375 g/mol. The van der Waals surface area contributed by atoms with Crippen LogP contribution in [0.5, 0.6) is 0 Å². The fraction of sp³-hybridized carbons (Fsp3) is 0.524. The SMILES string of the molecule is C/C=C\S/C(=C/C)C1=NCC(C(=N)/C=C\CC(C)F)=C2CC(CN(C)O)CN12. The predicted molar refractivity (Wildman–Crippen MR) is 117 cm³/mol. The lowest BCUT2D eigenvalue weighted by Gasteiger charge is -2.29. The van der Waals surface area contributed by atoms with Crippen LogP contribution in [-0.2, 0) is 0 Å². The van der Waals surface area contributed by atoms with Gasteiger partial charge in [-0.2, -0.15) is 5.06 Å². The minimum Gasteiger partial charge on any atom is -0.329 e. The number of halogens is 1. The molecule has 5 nitrogen and oxygen atoms in total. The minimum absolute atomic E-state index is 0.260. The maximum atomic E-state index is 13.1. The largest absolute Gasteiger partial charge is 0.329 e. The van der Waals surface area contributed by atoms with Crippen LogP contribution in [0, 0.1) is 11.3 Å². The Hall–Kier alpha value is -1.70. The lowest BCUT2D eigenvalue weighted by atomic mass is 10.0. The molecule has 0 aliphatic carbocycles. The summed E-state index contributed by atoms with van der Waals surface area (Å²) in [5.74, 6) is 1.19. The summed E-state index contributed by atoms with van der Waals surface area (Å²) >= 11 is 1.64. The third-order valence-electron chi connectivity index (χ3n) is 4.65. The smallest absolute Gasteiger partial charge is 0.142 e. The molecule has 0 aromatic heterocycles. The topological polar surface area (TPSA) is 62.9 Å². The Morgan fingerprint density at radius 1 is 1.50 bits per heavy atom. The summed E-state index contributed by atoms with van der Waals surface area (Å²) in [6, 6.07) is 0. The van der Waals surface area contributed by atoms with Gasteiger partial charge < -0.3 is 15.5 Å². The molecule has 2 atom stereocenters. The zero-order valence-electron chi connectivity index (χ0n) is 17.2. The van der Waals surface area contributed by atoms with Gasteiger partial charge in [0.1, 0.15) is 12.0 Å². The average Bonchev–Trinajstić information content (AvgIpc) is 3.04. The molecule has 154 valence electrons. The van der Waals surface area contributed by atoms with E-state index in [2.05, 4.69) is 11.0 Å². The molecule has 7 heteroatoms. The fourth-order valence-corrected chi connectivity index (χ4v) is 4.16. The second-order valence-corrected chi connectivity index (χ2v) is 8.11. The molecule has 1 saturated heterocycles. The van der Waals surface area contributed by atoms with Crippen molar-refractivity contribution in [3.63, 3.8) is 0 Å². The van der Waals surface area contributed by atoms with Crippen molar-refractivity contribution in [1.82, 2.24) is 9.96 Å². The normalized spacial score (nSPS) is 21.8. The van der Waals surface area contributed by atoms with Gasteiger partial charge in [0.2, 0.25) is 0 Å². The number of amidine groups is 1. The van der Waals surface area contributed by atoms with Crippen LogP contribution < -0.4 is 0 Å². The third-order valence-corrected chi connectivity index (χ3v) is 5.73. The minimum atomic E-state index is -0.911. The third kappa shape index (κ3) is 5.90. The quantitative estimate of drug-likeness (QED) is 0.427. The Labute approximate surface area is 171 Å². The lowest BCUT2D eigenvalue weighted by Crippen LogP contribution is -2.34. The molecule has 28 heavy (non-hydrogen) atoms. The first-order valence-corrected chi connectivity index (χ1v) is 10.5. The number of hydroxylamine groups is 2. The van der Waals surface area contributed by atoms with Gasteiger partial charge in [-0.1, -0.05) is 30.0 Å². The van der Waals surface area contributed by atoms with Gasteiger partial charge >= 0.3 is 0 Å². The van der Waals surface area contributed by atoms with Crippen LogP contribution in [0.3, 0.4) is 0 Å². The maximum absolute atomic E-state index is 13.1. The Kier molecular flexibility index (Phi) is 8.66. The number of hydrogen-bond donors (Lipinski definition) is 2. The van der Waals surface area contributed by atoms with Gasteiger partial charge in [-0.15, -0.1) is 0 Å². The number of rotatable bonds is 9. The summed E-state index contributed by atoms with van der Waals surface area (Å²) in [5.41, 5.74) is 2.38. The molecule has 0 amide bonds.